The molecule has 1 aromatic heterocycles. The second-order valence-corrected chi connectivity index (χ2v) is 9.25. The molecule has 3 aromatic rings. The summed E-state index contributed by atoms with van der Waals surface area (Å²) in [5, 5.41) is 6.36. The molecule has 0 amide bonds. The Morgan fingerprint density at radius 1 is 1.18 bits per heavy atom. The lowest BCUT2D eigenvalue weighted by atomic mass is 10.1. The second-order valence-electron chi connectivity index (χ2n) is 8.34. The molecule has 8 nitrogen and oxygen atoms in total. The Bertz CT molecular complexity index is 1200. The number of rotatable bonds is 5. The summed E-state index contributed by atoms with van der Waals surface area (Å²) < 4.78 is 33.1. The van der Waals surface area contributed by atoms with Crippen molar-refractivity contribution in [1.29, 1.82) is 0 Å². The largest absolute Gasteiger partial charge is 0.493 e. The molecule has 2 aliphatic heterocycles. The molecule has 0 saturated carbocycles. The fraction of sp³-hybridized carbons (Fsp3) is 0.333. The Labute approximate surface area is 205 Å². The van der Waals surface area contributed by atoms with Gasteiger partial charge in [0.1, 0.15) is 29.7 Å². The summed E-state index contributed by atoms with van der Waals surface area (Å²) in [5.41, 5.74) is 1.73. The molecule has 0 aliphatic carbocycles. The Balaban J connectivity index is 1.41. The SMILES string of the molecule is COc1cc2c(cc1OC1CCN(C)CC1)CNc1c(Nc3ccc(Br)cc3F)ncnc1O2. The maximum atomic E-state index is 14.4. The van der Waals surface area contributed by atoms with E-state index in [0.29, 0.717) is 51.3 Å². The van der Waals surface area contributed by atoms with E-state index in [1.54, 1.807) is 19.2 Å². The van der Waals surface area contributed by atoms with Crippen LogP contribution < -0.4 is 24.8 Å². The van der Waals surface area contributed by atoms with Crippen molar-refractivity contribution < 1.29 is 18.6 Å². The maximum absolute atomic E-state index is 14.4. The molecule has 0 unspecified atom stereocenters. The molecule has 10 heteroatoms. The average molecular weight is 530 g/mol. The molecule has 0 atom stereocenters. The van der Waals surface area contributed by atoms with Gasteiger partial charge in [-0.2, -0.15) is 4.98 Å². The molecular formula is C24H25BrFN5O3. The number of nitrogens with one attached hydrogen (secondary N) is 2. The van der Waals surface area contributed by atoms with E-state index in [9.17, 15) is 4.39 Å². The first-order valence-corrected chi connectivity index (χ1v) is 11.8. The lowest BCUT2D eigenvalue weighted by Gasteiger charge is -2.30. The standard InChI is InChI=1S/C24H25BrFN5O3/c1-31-7-5-16(6-8-31)33-21-9-14-12-27-22-23(30-18-4-3-15(25)10-17(18)26)28-13-29-24(22)34-19(14)11-20(21)32-2/h3-4,9-11,13,16,27H,5-8,12H2,1-2H3,(H,28,29,30). The molecule has 2 aliphatic rings. The first-order chi connectivity index (χ1) is 16.5. The molecule has 0 spiro atoms. The normalized spacial score (nSPS) is 15.9. The van der Waals surface area contributed by atoms with Crippen LogP contribution in [0.15, 0.2) is 41.1 Å². The fourth-order valence-electron chi connectivity index (χ4n) is 4.06. The number of piperidine rings is 1. The van der Waals surface area contributed by atoms with Crippen LogP contribution in [0.2, 0.25) is 0 Å². The zero-order valence-corrected chi connectivity index (χ0v) is 20.5. The van der Waals surface area contributed by atoms with Gasteiger partial charge >= 0.3 is 0 Å². The summed E-state index contributed by atoms with van der Waals surface area (Å²) in [4.78, 5) is 10.9. The molecular weight excluding hydrogens is 505 g/mol. The summed E-state index contributed by atoms with van der Waals surface area (Å²) in [6.45, 7) is 2.46. The van der Waals surface area contributed by atoms with Crippen molar-refractivity contribution in [3.8, 4) is 23.1 Å². The molecule has 0 radical (unpaired) electrons. The van der Waals surface area contributed by atoms with Gasteiger partial charge < -0.3 is 29.7 Å². The quantitative estimate of drug-likeness (QED) is 0.459. The van der Waals surface area contributed by atoms with Crippen molar-refractivity contribution in [3.05, 3.63) is 52.5 Å². The highest BCUT2D eigenvalue weighted by Crippen LogP contribution is 2.43. The number of nitrogens with zero attached hydrogens (tertiary/aromatic N) is 3. The van der Waals surface area contributed by atoms with Gasteiger partial charge in [-0.25, -0.2) is 9.37 Å². The monoisotopic (exact) mass is 529 g/mol. The molecule has 3 heterocycles. The van der Waals surface area contributed by atoms with Crippen LogP contribution in [0.25, 0.3) is 0 Å². The summed E-state index contributed by atoms with van der Waals surface area (Å²) in [6.07, 6.45) is 3.45. The van der Waals surface area contributed by atoms with Crippen molar-refractivity contribution in [2.75, 3.05) is 37.9 Å². The Kier molecular flexibility index (Phi) is 6.42. The minimum Gasteiger partial charge on any atom is -0.493 e. The van der Waals surface area contributed by atoms with Gasteiger partial charge in [0, 0.05) is 35.7 Å². The van der Waals surface area contributed by atoms with Crippen LogP contribution in [0.1, 0.15) is 18.4 Å². The van der Waals surface area contributed by atoms with Crippen molar-refractivity contribution in [3.63, 3.8) is 0 Å². The number of likely N-dealkylation sites (tertiary alicyclic amines) is 1. The number of halogens is 2. The van der Waals surface area contributed by atoms with Crippen LogP contribution in [0.5, 0.6) is 23.1 Å². The van der Waals surface area contributed by atoms with Crippen molar-refractivity contribution in [1.82, 2.24) is 14.9 Å². The highest BCUT2D eigenvalue weighted by Gasteiger charge is 2.24. The topological polar surface area (TPSA) is 80.8 Å². The van der Waals surface area contributed by atoms with Gasteiger partial charge in [-0.05, 0) is 44.2 Å². The van der Waals surface area contributed by atoms with E-state index in [-0.39, 0.29) is 6.10 Å². The van der Waals surface area contributed by atoms with Crippen molar-refractivity contribution >= 4 is 33.1 Å². The summed E-state index contributed by atoms with van der Waals surface area (Å²) >= 11 is 3.27. The van der Waals surface area contributed by atoms with Gasteiger partial charge in [0.2, 0.25) is 5.88 Å². The minimum absolute atomic E-state index is 0.141. The molecule has 1 saturated heterocycles. The van der Waals surface area contributed by atoms with Crippen LogP contribution >= 0.6 is 15.9 Å². The van der Waals surface area contributed by atoms with Crippen molar-refractivity contribution in [2.45, 2.75) is 25.5 Å². The van der Waals surface area contributed by atoms with E-state index in [4.69, 9.17) is 14.2 Å². The van der Waals surface area contributed by atoms with Gasteiger partial charge in [0.25, 0.3) is 0 Å². The van der Waals surface area contributed by atoms with E-state index in [2.05, 4.69) is 48.5 Å². The molecule has 178 valence electrons. The lowest BCUT2D eigenvalue weighted by molar-refractivity contribution is 0.111. The van der Waals surface area contributed by atoms with E-state index >= 15 is 0 Å². The third-order valence-corrected chi connectivity index (χ3v) is 6.46. The van der Waals surface area contributed by atoms with E-state index < -0.39 is 5.82 Å². The number of anilines is 3. The van der Waals surface area contributed by atoms with Crippen LogP contribution in [0.3, 0.4) is 0 Å². The zero-order chi connectivity index (χ0) is 23.7. The number of aromatic nitrogens is 2. The molecule has 2 N–H and O–H groups in total. The maximum Gasteiger partial charge on any atom is 0.248 e. The summed E-state index contributed by atoms with van der Waals surface area (Å²) in [5.74, 6) is 2.24. The number of benzene rings is 2. The Hall–Kier alpha value is -3.11. The van der Waals surface area contributed by atoms with E-state index in [1.165, 1.54) is 12.4 Å². The number of hydrogen-bond donors (Lipinski definition) is 2. The molecule has 1 fully saturated rings. The third-order valence-electron chi connectivity index (χ3n) is 5.96. The number of ether oxygens (including phenoxy) is 3. The Morgan fingerprint density at radius 2 is 2.00 bits per heavy atom. The number of fused-ring (bicyclic) bond motifs is 2. The summed E-state index contributed by atoms with van der Waals surface area (Å²) in [6, 6.07) is 8.54. The number of methoxy groups -OCH3 is 1. The predicted molar refractivity (Wildman–Crippen MR) is 131 cm³/mol. The molecule has 34 heavy (non-hydrogen) atoms. The highest BCUT2D eigenvalue weighted by molar-refractivity contribution is 9.10. The van der Waals surface area contributed by atoms with Crippen LogP contribution in [-0.2, 0) is 6.54 Å². The van der Waals surface area contributed by atoms with E-state index in [0.717, 1.165) is 31.5 Å². The Morgan fingerprint density at radius 3 is 2.76 bits per heavy atom. The first-order valence-electron chi connectivity index (χ1n) is 11.0. The van der Waals surface area contributed by atoms with Gasteiger partial charge in [0.15, 0.2) is 17.3 Å². The second kappa shape index (κ2) is 9.63. The zero-order valence-electron chi connectivity index (χ0n) is 18.9. The first kappa shape index (κ1) is 22.7. The molecule has 2 aromatic carbocycles. The van der Waals surface area contributed by atoms with E-state index in [1.807, 2.05) is 12.1 Å². The van der Waals surface area contributed by atoms with Gasteiger partial charge in [-0.15, -0.1) is 0 Å². The van der Waals surface area contributed by atoms with Crippen LogP contribution in [-0.4, -0.2) is 48.2 Å². The predicted octanol–water partition coefficient (Wildman–Crippen LogP) is 5.32. The average Bonchev–Trinajstić information content (AvgIpc) is 3.01. The van der Waals surface area contributed by atoms with Gasteiger partial charge in [0.05, 0.1) is 12.8 Å². The van der Waals surface area contributed by atoms with Crippen molar-refractivity contribution in [2.24, 2.45) is 0 Å². The third kappa shape index (κ3) is 4.74. The summed E-state index contributed by atoms with van der Waals surface area (Å²) in [7, 11) is 3.74. The highest BCUT2D eigenvalue weighted by atomic mass is 79.9. The smallest absolute Gasteiger partial charge is 0.248 e. The minimum atomic E-state index is -0.403. The molecule has 0 bridgehead atoms. The molecule has 5 rings (SSSR count). The number of hydrogen-bond acceptors (Lipinski definition) is 8. The van der Waals surface area contributed by atoms with Gasteiger partial charge in [-0.1, -0.05) is 15.9 Å². The van der Waals surface area contributed by atoms with Crippen LogP contribution in [0, 0.1) is 5.82 Å². The lowest BCUT2D eigenvalue weighted by Crippen LogP contribution is -2.35. The van der Waals surface area contributed by atoms with Crippen LogP contribution in [0.4, 0.5) is 21.6 Å². The van der Waals surface area contributed by atoms with Gasteiger partial charge in [-0.3, -0.25) is 0 Å². The fourth-order valence-corrected chi connectivity index (χ4v) is 4.39.